The van der Waals surface area contributed by atoms with Crippen LogP contribution in [0.15, 0.2) is 50.7 Å². The fraction of sp³-hybridized carbons (Fsp3) is 0.263. The molecule has 1 aromatic carbocycles. The van der Waals surface area contributed by atoms with E-state index in [1.54, 1.807) is 30.3 Å². The van der Waals surface area contributed by atoms with Gasteiger partial charge in [-0.2, -0.15) is 4.99 Å². The zero-order valence-corrected chi connectivity index (χ0v) is 16.0. The molecule has 8 nitrogen and oxygen atoms in total. The Morgan fingerprint density at radius 3 is 2.54 bits per heavy atom. The molecule has 4 rings (SSSR count). The third-order valence-corrected chi connectivity index (χ3v) is 5.69. The number of nitro benzene ring substituents is 1. The van der Waals surface area contributed by atoms with Crippen LogP contribution in [0.2, 0.25) is 0 Å². The highest BCUT2D eigenvalue weighted by molar-refractivity contribution is 8.18. The van der Waals surface area contributed by atoms with Gasteiger partial charge >= 0.3 is 0 Å². The maximum atomic E-state index is 12.3. The molecule has 0 spiro atoms. The molecule has 0 saturated carbocycles. The molecule has 0 unspecified atom stereocenters. The molecule has 144 valence electrons. The van der Waals surface area contributed by atoms with Gasteiger partial charge in [0.2, 0.25) is 0 Å². The van der Waals surface area contributed by atoms with Crippen LogP contribution in [0.3, 0.4) is 0 Å². The van der Waals surface area contributed by atoms with Crippen molar-refractivity contribution in [1.82, 2.24) is 9.80 Å². The molecular formula is C19H18N4O4S. The lowest BCUT2D eigenvalue weighted by Gasteiger charge is -2.32. The summed E-state index contributed by atoms with van der Waals surface area (Å²) in [6.07, 6.45) is 1.69. The largest absolute Gasteiger partial charge is 0.457 e. The van der Waals surface area contributed by atoms with Crippen LogP contribution >= 0.6 is 11.8 Å². The second-order valence-electron chi connectivity index (χ2n) is 6.61. The maximum absolute atomic E-state index is 12.3. The normalized spacial score (nSPS) is 19.3. The Morgan fingerprint density at radius 1 is 1.14 bits per heavy atom. The number of nitrogens with zero attached hydrogens (tertiary/aromatic N) is 4. The highest BCUT2D eigenvalue weighted by Gasteiger charge is 2.28. The van der Waals surface area contributed by atoms with Gasteiger partial charge in [0, 0.05) is 50.0 Å². The van der Waals surface area contributed by atoms with E-state index in [0.29, 0.717) is 16.4 Å². The highest BCUT2D eigenvalue weighted by Crippen LogP contribution is 2.32. The summed E-state index contributed by atoms with van der Waals surface area (Å²) in [7, 11) is 2.08. The lowest BCUT2D eigenvalue weighted by molar-refractivity contribution is -0.384. The molecule has 2 aliphatic rings. The molecule has 1 aromatic heterocycles. The van der Waals surface area contributed by atoms with Crippen molar-refractivity contribution in [3.05, 3.63) is 57.2 Å². The molecule has 1 amide bonds. The Hall–Kier alpha value is -2.91. The average Bonchev–Trinajstić information content (AvgIpc) is 3.30. The Balaban J connectivity index is 1.47. The number of hydrogen-bond acceptors (Lipinski definition) is 7. The Bertz CT molecular complexity index is 972. The highest BCUT2D eigenvalue weighted by atomic mass is 32.2. The third kappa shape index (κ3) is 3.85. The van der Waals surface area contributed by atoms with Gasteiger partial charge in [-0.3, -0.25) is 14.9 Å². The number of amidine groups is 1. The number of rotatable bonds is 3. The van der Waals surface area contributed by atoms with Crippen molar-refractivity contribution in [1.29, 1.82) is 0 Å². The molecule has 1 fully saturated rings. The number of carbonyl (C=O) groups is 1. The average molecular weight is 398 g/mol. The van der Waals surface area contributed by atoms with Crippen LogP contribution in [0.5, 0.6) is 0 Å². The molecule has 9 heteroatoms. The molecule has 3 heterocycles. The molecule has 2 aliphatic heterocycles. The van der Waals surface area contributed by atoms with Gasteiger partial charge in [0.25, 0.3) is 11.6 Å². The van der Waals surface area contributed by atoms with Crippen LogP contribution in [0.4, 0.5) is 5.69 Å². The Kier molecular flexibility index (Phi) is 5.01. The first kappa shape index (κ1) is 18.5. The number of furan rings is 1. The van der Waals surface area contributed by atoms with Crippen LogP contribution in [0.1, 0.15) is 5.76 Å². The second-order valence-corrected chi connectivity index (χ2v) is 7.62. The van der Waals surface area contributed by atoms with Crippen LogP contribution in [0, 0.1) is 10.1 Å². The van der Waals surface area contributed by atoms with Crippen LogP contribution in [-0.4, -0.2) is 59.0 Å². The summed E-state index contributed by atoms with van der Waals surface area (Å²) in [6.45, 7) is 3.61. The van der Waals surface area contributed by atoms with Crippen molar-refractivity contribution < 1.29 is 14.1 Å². The van der Waals surface area contributed by atoms with E-state index in [1.807, 2.05) is 0 Å². The van der Waals surface area contributed by atoms with Gasteiger partial charge in [-0.25, -0.2) is 0 Å². The van der Waals surface area contributed by atoms with Gasteiger partial charge < -0.3 is 14.2 Å². The topological polar surface area (TPSA) is 92.2 Å². The summed E-state index contributed by atoms with van der Waals surface area (Å²) in [6, 6.07) is 9.69. The number of thioether (sulfide) groups is 1. The number of nitro groups is 1. The molecule has 0 N–H and O–H groups in total. The lowest BCUT2D eigenvalue weighted by Crippen LogP contribution is -2.46. The van der Waals surface area contributed by atoms with E-state index in [0.717, 1.165) is 36.9 Å². The Morgan fingerprint density at radius 2 is 1.86 bits per heavy atom. The minimum absolute atomic E-state index is 0.0270. The van der Waals surface area contributed by atoms with Crippen molar-refractivity contribution in [2.75, 3.05) is 33.2 Å². The lowest BCUT2D eigenvalue weighted by atomic mass is 10.1. The predicted molar refractivity (Wildman–Crippen MR) is 108 cm³/mol. The van der Waals surface area contributed by atoms with E-state index in [-0.39, 0.29) is 11.6 Å². The first-order chi connectivity index (χ1) is 13.5. The summed E-state index contributed by atoms with van der Waals surface area (Å²) in [5.74, 6) is 0.864. The number of likely N-dealkylation sites (N-methyl/N-ethyl adjacent to an activating group) is 1. The summed E-state index contributed by atoms with van der Waals surface area (Å²) in [5.41, 5.74) is 0.759. The van der Waals surface area contributed by atoms with E-state index < -0.39 is 4.92 Å². The van der Waals surface area contributed by atoms with Crippen LogP contribution in [0.25, 0.3) is 17.4 Å². The van der Waals surface area contributed by atoms with E-state index in [2.05, 4.69) is 21.8 Å². The fourth-order valence-corrected chi connectivity index (χ4v) is 3.94. The maximum Gasteiger partial charge on any atom is 0.286 e. The minimum Gasteiger partial charge on any atom is -0.457 e. The minimum atomic E-state index is -0.442. The number of benzene rings is 1. The molecule has 0 atom stereocenters. The number of amides is 1. The fourth-order valence-electron chi connectivity index (χ4n) is 2.99. The van der Waals surface area contributed by atoms with E-state index >= 15 is 0 Å². The van der Waals surface area contributed by atoms with Crippen molar-refractivity contribution in [2.24, 2.45) is 4.99 Å². The van der Waals surface area contributed by atoms with Crippen molar-refractivity contribution in [2.45, 2.75) is 0 Å². The van der Waals surface area contributed by atoms with Gasteiger partial charge in [-0.15, -0.1) is 0 Å². The monoisotopic (exact) mass is 398 g/mol. The first-order valence-electron chi connectivity index (χ1n) is 8.80. The van der Waals surface area contributed by atoms with Crippen LogP contribution in [-0.2, 0) is 4.79 Å². The van der Waals surface area contributed by atoms with Gasteiger partial charge in [0.1, 0.15) is 11.5 Å². The standard InChI is InChI=1S/C19H18N4O4S/c1-21-8-10-22(11-9-21)19-20-18(24)17(28-19)12-15-6-7-16(27-15)13-2-4-14(5-3-13)23(25)26/h2-7,12H,8-11H2,1H3. The van der Waals surface area contributed by atoms with Gasteiger partial charge in [-0.05, 0) is 43.1 Å². The van der Waals surface area contributed by atoms with Crippen LogP contribution < -0.4 is 0 Å². The zero-order chi connectivity index (χ0) is 19.7. The number of aliphatic imine (C=N–C) groups is 1. The van der Waals surface area contributed by atoms with Crippen molar-refractivity contribution >= 4 is 34.6 Å². The molecular weight excluding hydrogens is 380 g/mol. The first-order valence-corrected chi connectivity index (χ1v) is 9.62. The second kappa shape index (κ2) is 7.61. The van der Waals surface area contributed by atoms with E-state index in [9.17, 15) is 14.9 Å². The molecule has 0 radical (unpaired) electrons. The SMILES string of the molecule is CN1CCN(C2=NC(=O)C(=Cc3ccc(-c4ccc([N+](=O)[O-])cc4)o3)S2)CC1. The molecule has 0 aliphatic carbocycles. The molecule has 2 aromatic rings. The van der Waals surface area contributed by atoms with Gasteiger partial charge in [0.05, 0.1) is 9.83 Å². The smallest absolute Gasteiger partial charge is 0.286 e. The van der Waals surface area contributed by atoms with Gasteiger partial charge in [-0.1, -0.05) is 0 Å². The zero-order valence-electron chi connectivity index (χ0n) is 15.2. The predicted octanol–water partition coefficient (Wildman–Crippen LogP) is 3.07. The summed E-state index contributed by atoms with van der Waals surface area (Å²) < 4.78 is 5.79. The number of non-ortho nitro benzene ring substituents is 1. The molecule has 0 bridgehead atoms. The summed E-state index contributed by atoms with van der Waals surface area (Å²) in [4.78, 5) is 31.7. The number of carbonyl (C=O) groups excluding carboxylic acids is 1. The third-order valence-electron chi connectivity index (χ3n) is 4.65. The Labute approximate surface area is 165 Å². The molecule has 1 saturated heterocycles. The van der Waals surface area contributed by atoms with E-state index in [1.165, 1.54) is 23.9 Å². The number of hydrogen-bond donors (Lipinski definition) is 0. The van der Waals surface area contributed by atoms with Crippen molar-refractivity contribution in [3.8, 4) is 11.3 Å². The summed E-state index contributed by atoms with van der Waals surface area (Å²) in [5, 5.41) is 11.5. The quantitative estimate of drug-likeness (QED) is 0.446. The van der Waals surface area contributed by atoms with E-state index in [4.69, 9.17) is 4.42 Å². The van der Waals surface area contributed by atoms with Gasteiger partial charge in [0.15, 0.2) is 5.17 Å². The molecule has 28 heavy (non-hydrogen) atoms. The summed E-state index contributed by atoms with van der Waals surface area (Å²) >= 11 is 1.37. The van der Waals surface area contributed by atoms with Crippen molar-refractivity contribution in [3.63, 3.8) is 0 Å². The number of piperazine rings is 1.